The van der Waals surface area contributed by atoms with Crippen LogP contribution in [0.3, 0.4) is 0 Å². The highest BCUT2D eigenvalue weighted by atomic mass is 14.8. The summed E-state index contributed by atoms with van der Waals surface area (Å²) in [4.78, 5) is 0. The van der Waals surface area contributed by atoms with Crippen molar-refractivity contribution in [2.45, 2.75) is 32.1 Å². The molecule has 1 nitrogen and oxygen atoms in total. The van der Waals surface area contributed by atoms with Gasteiger partial charge < -0.3 is 5.32 Å². The van der Waals surface area contributed by atoms with E-state index in [1.54, 1.807) is 0 Å². The molecule has 2 rings (SSSR count). The van der Waals surface area contributed by atoms with Crippen LogP contribution in [0, 0.1) is 0 Å². The molecule has 0 fully saturated rings. The van der Waals surface area contributed by atoms with E-state index in [0.29, 0.717) is 5.92 Å². The minimum Gasteiger partial charge on any atom is -0.317 e. The summed E-state index contributed by atoms with van der Waals surface area (Å²) in [5.74, 6) is 0.515. The summed E-state index contributed by atoms with van der Waals surface area (Å²) in [5.41, 5.74) is 2.85. The topological polar surface area (TPSA) is 12.0 Å². The molecule has 1 heteroatoms. The van der Waals surface area contributed by atoms with E-state index in [0.717, 1.165) is 13.1 Å². The first-order valence-corrected chi connectivity index (χ1v) is 7.72. The predicted octanol–water partition coefficient (Wildman–Crippen LogP) is 4.60. The van der Waals surface area contributed by atoms with Crippen molar-refractivity contribution in [1.29, 1.82) is 0 Å². The molecular formula is C19H25N. The highest BCUT2D eigenvalue weighted by Gasteiger charge is 2.12. The maximum Gasteiger partial charge on any atom is 0.00898 e. The Bertz CT molecular complexity index is 424. The van der Waals surface area contributed by atoms with Gasteiger partial charge in [0.2, 0.25) is 0 Å². The molecule has 0 amide bonds. The van der Waals surface area contributed by atoms with E-state index in [1.807, 2.05) is 0 Å². The zero-order valence-corrected chi connectivity index (χ0v) is 12.4. The summed E-state index contributed by atoms with van der Waals surface area (Å²) in [6.45, 7) is 4.45. The second-order valence-corrected chi connectivity index (χ2v) is 5.27. The second-order valence-electron chi connectivity index (χ2n) is 5.27. The van der Waals surface area contributed by atoms with Crippen LogP contribution in [0.1, 0.15) is 43.2 Å². The Balaban J connectivity index is 2.02. The van der Waals surface area contributed by atoms with Crippen LogP contribution in [0.25, 0.3) is 0 Å². The summed E-state index contributed by atoms with van der Waals surface area (Å²) in [7, 11) is 0. The van der Waals surface area contributed by atoms with Crippen molar-refractivity contribution in [3.05, 3.63) is 71.8 Å². The lowest BCUT2D eigenvalue weighted by atomic mass is 9.87. The molecule has 0 saturated carbocycles. The summed E-state index contributed by atoms with van der Waals surface area (Å²) < 4.78 is 0. The Morgan fingerprint density at radius 1 is 0.800 bits per heavy atom. The van der Waals surface area contributed by atoms with E-state index < -0.39 is 0 Å². The van der Waals surface area contributed by atoms with Gasteiger partial charge in [-0.3, -0.25) is 0 Å². The summed E-state index contributed by atoms with van der Waals surface area (Å²) in [6.07, 6.45) is 3.62. The van der Waals surface area contributed by atoms with E-state index in [1.165, 1.54) is 30.4 Å². The summed E-state index contributed by atoms with van der Waals surface area (Å²) >= 11 is 0. The van der Waals surface area contributed by atoms with Crippen molar-refractivity contribution in [3.63, 3.8) is 0 Å². The SMILES string of the molecule is CCCNCCCC(c1ccccc1)c1ccccc1. The van der Waals surface area contributed by atoms with Crippen LogP contribution in [0.4, 0.5) is 0 Å². The van der Waals surface area contributed by atoms with Gasteiger partial charge in [-0.1, -0.05) is 67.6 Å². The normalized spacial score (nSPS) is 10.9. The van der Waals surface area contributed by atoms with Gasteiger partial charge in [-0.05, 0) is 43.5 Å². The third-order valence-electron chi connectivity index (χ3n) is 3.68. The van der Waals surface area contributed by atoms with Crippen LogP contribution in [0.15, 0.2) is 60.7 Å². The fourth-order valence-corrected chi connectivity index (χ4v) is 2.63. The molecule has 0 aliphatic rings. The molecule has 0 aliphatic carbocycles. The largest absolute Gasteiger partial charge is 0.317 e. The molecule has 0 bridgehead atoms. The van der Waals surface area contributed by atoms with Crippen molar-refractivity contribution < 1.29 is 0 Å². The highest BCUT2D eigenvalue weighted by Crippen LogP contribution is 2.28. The van der Waals surface area contributed by atoms with E-state index in [2.05, 4.69) is 72.9 Å². The van der Waals surface area contributed by atoms with Crippen molar-refractivity contribution >= 4 is 0 Å². The Morgan fingerprint density at radius 3 is 1.85 bits per heavy atom. The average molecular weight is 267 g/mol. The smallest absolute Gasteiger partial charge is 0.00898 e. The minimum absolute atomic E-state index is 0.515. The van der Waals surface area contributed by atoms with Crippen LogP contribution in [-0.2, 0) is 0 Å². The van der Waals surface area contributed by atoms with Crippen molar-refractivity contribution in [2.24, 2.45) is 0 Å². The lowest BCUT2D eigenvalue weighted by Crippen LogP contribution is -2.16. The van der Waals surface area contributed by atoms with Gasteiger partial charge in [0.15, 0.2) is 0 Å². The molecule has 0 aromatic heterocycles. The third kappa shape index (κ3) is 4.50. The summed E-state index contributed by atoms with van der Waals surface area (Å²) in [5, 5.41) is 3.49. The number of hydrogen-bond acceptors (Lipinski definition) is 1. The molecule has 0 saturated heterocycles. The van der Waals surface area contributed by atoms with E-state index in [4.69, 9.17) is 0 Å². The van der Waals surface area contributed by atoms with Gasteiger partial charge in [0.05, 0.1) is 0 Å². The molecule has 0 heterocycles. The fraction of sp³-hybridized carbons (Fsp3) is 0.368. The molecule has 106 valence electrons. The van der Waals surface area contributed by atoms with Gasteiger partial charge in [0.25, 0.3) is 0 Å². The lowest BCUT2D eigenvalue weighted by molar-refractivity contribution is 0.590. The van der Waals surface area contributed by atoms with Crippen molar-refractivity contribution in [1.82, 2.24) is 5.32 Å². The molecular weight excluding hydrogens is 242 g/mol. The lowest BCUT2D eigenvalue weighted by Gasteiger charge is -2.18. The quantitative estimate of drug-likeness (QED) is 0.689. The Morgan fingerprint density at radius 2 is 1.35 bits per heavy atom. The average Bonchev–Trinajstić information content (AvgIpc) is 2.53. The molecule has 2 aromatic rings. The predicted molar refractivity (Wildman–Crippen MR) is 87.1 cm³/mol. The molecule has 1 N–H and O–H groups in total. The highest BCUT2D eigenvalue weighted by molar-refractivity contribution is 5.32. The number of nitrogens with one attached hydrogen (secondary N) is 1. The van der Waals surface area contributed by atoms with Crippen LogP contribution in [-0.4, -0.2) is 13.1 Å². The molecule has 0 atom stereocenters. The first-order valence-electron chi connectivity index (χ1n) is 7.72. The zero-order chi connectivity index (χ0) is 14.0. The molecule has 0 aliphatic heterocycles. The maximum atomic E-state index is 3.49. The Labute approximate surface area is 123 Å². The standard InChI is InChI=1S/C19H25N/c1-2-15-20-16-9-14-19(17-10-5-3-6-11-17)18-12-7-4-8-13-18/h3-8,10-13,19-20H,2,9,14-16H2,1H3. The molecule has 0 radical (unpaired) electrons. The van der Waals surface area contributed by atoms with E-state index in [9.17, 15) is 0 Å². The monoisotopic (exact) mass is 267 g/mol. The molecule has 0 unspecified atom stereocenters. The Kier molecular flexibility index (Phi) is 6.33. The first-order chi connectivity index (χ1) is 9.92. The van der Waals surface area contributed by atoms with Crippen LogP contribution < -0.4 is 5.32 Å². The second kappa shape index (κ2) is 8.55. The van der Waals surface area contributed by atoms with Gasteiger partial charge in [-0.2, -0.15) is 0 Å². The van der Waals surface area contributed by atoms with Crippen molar-refractivity contribution in [2.75, 3.05) is 13.1 Å². The molecule has 20 heavy (non-hydrogen) atoms. The minimum atomic E-state index is 0.515. The number of hydrogen-bond donors (Lipinski definition) is 1. The zero-order valence-electron chi connectivity index (χ0n) is 12.4. The summed E-state index contributed by atoms with van der Waals surface area (Å²) in [6, 6.07) is 21.7. The number of benzene rings is 2. The van der Waals surface area contributed by atoms with E-state index >= 15 is 0 Å². The van der Waals surface area contributed by atoms with Gasteiger partial charge in [-0.15, -0.1) is 0 Å². The van der Waals surface area contributed by atoms with E-state index in [-0.39, 0.29) is 0 Å². The van der Waals surface area contributed by atoms with Gasteiger partial charge in [-0.25, -0.2) is 0 Å². The Hall–Kier alpha value is -1.60. The fourth-order valence-electron chi connectivity index (χ4n) is 2.63. The third-order valence-corrected chi connectivity index (χ3v) is 3.68. The molecule has 2 aromatic carbocycles. The molecule has 0 spiro atoms. The maximum absolute atomic E-state index is 3.49. The van der Waals surface area contributed by atoms with Crippen LogP contribution in [0.5, 0.6) is 0 Å². The van der Waals surface area contributed by atoms with Crippen molar-refractivity contribution in [3.8, 4) is 0 Å². The number of rotatable bonds is 8. The van der Waals surface area contributed by atoms with Gasteiger partial charge >= 0.3 is 0 Å². The van der Waals surface area contributed by atoms with Crippen LogP contribution >= 0.6 is 0 Å². The van der Waals surface area contributed by atoms with Crippen LogP contribution in [0.2, 0.25) is 0 Å². The first kappa shape index (κ1) is 14.8. The van der Waals surface area contributed by atoms with Gasteiger partial charge in [0.1, 0.15) is 0 Å². The van der Waals surface area contributed by atoms with Gasteiger partial charge in [0, 0.05) is 5.92 Å².